The third kappa shape index (κ3) is 1.15. The number of hydrogen-bond donors (Lipinski definition) is 0. The van der Waals surface area contributed by atoms with E-state index in [0.717, 1.165) is 0 Å². The topological polar surface area (TPSA) is 0 Å². The average molecular weight is 151 g/mol. The summed E-state index contributed by atoms with van der Waals surface area (Å²) in [5, 5.41) is -0.273. The van der Waals surface area contributed by atoms with E-state index in [1.807, 2.05) is 0 Å². The highest BCUT2D eigenvalue weighted by molar-refractivity contribution is 6.41. The molecular formula is C6H4Cl2. The number of benzene rings is 1. The predicted octanol–water partition coefficient (Wildman–Crippen LogP) is 2.99. The first-order chi connectivity index (χ1) is 5.46. The van der Waals surface area contributed by atoms with Crippen LogP contribution in [0.15, 0.2) is 24.2 Å². The fourth-order valence-corrected chi connectivity index (χ4v) is 0.471. The molecule has 0 fully saturated rings. The minimum absolute atomic E-state index is 0.136. The van der Waals surface area contributed by atoms with Crippen LogP contribution in [0.1, 0.15) is 5.48 Å². The van der Waals surface area contributed by atoms with Gasteiger partial charge in [0, 0.05) is 0 Å². The summed E-state index contributed by atoms with van der Waals surface area (Å²) < 4.78 is 28.8. The molecule has 0 aromatic heterocycles. The molecule has 0 heterocycles. The molecule has 1 rings (SSSR count). The standard InChI is InChI=1S/C6H4Cl2/c7-5-3-1-2-4-6(5)8/h1-4H/i1D,2D,3D,4D. The summed E-state index contributed by atoms with van der Waals surface area (Å²) in [6.45, 7) is 0. The van der Waals surface area contributed by atoms with Gasteiger partial charge in [0.05, 0.1) is 15.5 Å². The number of halogens is 2. The Labute approximate surface area is 63.7 Å². The Hall–Kier alpha value is -0.200. The summed E-state index contributed by atoms with van der Waals surface area (Å²) in [4.78, 5) is 0. The van der Waals surface area contributed by atoms with Crippen molar-refractivity contribution in [1.82, 2.24) is 0 Å². The second kappa shape index (κ2) is 2.38. The van der Waals surface area contributed by atoms with E-state index in [1.54, 1.807) is 0 Å². The molecule has 0 spiro atoms. The fraction of sp³-hybridized carbons (Fsp3) is 0. The van der Waals surface area contributed by atoms with Crippen LogP contribution in [0.4, 0.5) is 0 Å². The summed E-state index contributed by atoms with van der Waals surface area (Å²) in [5.74, 6) is 0. The van der Waals surface area contributed by atoms with Gasteiger partial charge in [-0.1, -0.05) is 35.3 Å². The van der Waals surface area contributed by atoms with E-state index in [2.05, 4.69) is 0 Å². The molecule has 0 bridgehead atoms. The quantitative estimate of drug-likeness (QED) is 0.534. The van der Waals surface area contributed by atoms with Crippen molar-refractivity contribution in [1.29, 1.82) is 0 Å². The Morgan fingerprint density at radius 2 is 1.50 bits per heavy atom. The molecule has 0 saturated carbocycles. The third-order valence-electron chi connectivity index (χ3n) is 0.600. The van der Waals surface area contributed by atoms with E-state index in [1.165, 1.54) is 0 Å². The Morgan fingerprint density at radius 3 is 1.88 bits per heavy atom. The molecule has 1 aromatic carbocycles. The van der Waals surface area contributed by atoms with Gasteiger partial charge in [-0.3, -0.25) is 0 Å². The number of rotatable bonds is 0. The van der Waals surface area contributed by atoms with Gasteiger partial charge < -0.3 is 0 Å². The van der Waals surface area contributed by atoms with Gasteiger partial charge >= 0.3 is 0 Å². The van der Waals surface area contributed by atoms with Gasteiger partial charge in [-0.15, -0.1) is 0 Å². The molecule has 0 unspecified atom stereocenters. The van der Waals surface area contributed by atoms with E-state index in [4.69, 9.17) is 28.7 Å². The first-order valence-corrected chi connectivity index (χ1v) is 2.63. The van der Waals surface area contributed by atoms with Crippen LogP contribution < -0.4 is 0 Å². The summed E-state index contributed by atoms with van der Waals surface area (Å²) in [7, 11) is 0. The van der Waals surface area contributed by atoms with Gasteiger partial charge in [-0.05, 0) is 12.1 Å². The van der Waals surface area contributed by atoms with Crippen LogP contribution >= 0.6 is 23.2 Å². The Morgan fingerprint density at radius 1 is 1.12 bits per heavy atom. The molecule has 0 nitrogen and oxygen atoms in total. The van der Waals surface area contributed by atoms with Gasteiger partial charge in [0.25, 0.3) is 0 Å². The average Bonchev–Trinajstić information content (AvgIpc) is 2.08. The highest BCUT2D eigenvalue weighted by Gasteiger charge is 1.89. The van der Waals surface area contributed by atoms with E-state index < -0.39 is 0 Å². The summed E-state index contributed by atoms with van der Waals surface area (Å²) in [6, 6.07) is -1.34. The van der Waals surface area contributed by atoms with Gasteiger partial charge in [0.2, 0.25) is 0 Å². The molecule has 0 aliphatic rings. The zero-order valence-corrected chi connectivity index (χ0v) is 5.27. The van der Waals surface area contributed by atoms with Gasteiger partial charge in [-0.25, -0.2) is 0 Å². The van der Waals surface area contributed by atoms with Crippen LogP contribution in [0.2, 0.25) is 10.0 Å². The smallest absolute Gasteiger partial charge is 0.0639 e. The minimum atomic E-state index is -0.366. The fourth-order valence-electron chi connectivity index (χ4n) is 0.282. The molecule has 0 amide bonds. The molecule has 42 valence electrons. The van der Waals surface area contributed by atoms with Crippen molar-refractivity contribution in [2.45, 2.75) is 0 Å². The van der Waals surface area contributed by atoms with Crippen molar-refractivity contribution in [3.05, 3.63) is 34.2 Å². The second-order valence-electron chi connectivity index (χ2n) is 1.13. The minimum Gasteiger partial charge on any atom is -0.0827 e. The van der Waals surface area contributed by atoms with E-state index >= 15 is 0 Å². The van der Waals surface area contributed by atoms with Crippen molar-refractivity contribution < 1.29 is 5.48 Å². The van der Waals surface area contributed by atoms with Crippen LogP contribution in [-0.2, 0) is 0 Å². The summed E-state index contributed by atoms with van der Waals surface area (Å²) in [5.41, 5.74) is 0. The van der Waals surface area contributed by atoms with Crippen molar-refractivity contribution >= 4 is 23.2 Å². The monoisotopic (exact) mass is 150 g/mol. The molecule has 0 saturated heterocycles. The Bertz CT molecular complexity index is 232. The molecule has 0 aliphatic carbocycles. The second-order valence-corrected chi connectivity index (χ2v) is 1.88. The maximum Gasteiger partial charge on any atom is 0.0639 e. The molecule has 0 radical (unpaired) electrons. The van der Waals surface area contributed by atoms with Crippen molar-refractivity contribution in [2.24, 2.45) is 0 Å². The first kappa shape index (κ1) is 2.59. The van der Waals surface area contributed by atoms with Crippen molar-refractivity contribution in [2.75, 3.05) is 0 Å². The van der Waals surface area contributed by atoms with Crippen molar-refractivity contribution in [3.63, 3.8) is 0 Å². The summed E-state index contributed by atoms with van der Waals surface area (Å²) in [6.07, 6.45) is 0. The molecular weight excluding hydrogens is 143 g/mol. The third-order valence-corrected chi connectivity index (χ3v) is 1.26. The molecule has 1 aromatic rings. The predicted molar refractivity (Wildman–Crippen MR) is 36.5 cm³/mol. The largest absolute Gasteiger partial charge is 0.0827 e. The number of hydrogen-bond acceptors (Lipinski definition) is 0. The molecule has 0 aliphatic heterocycles. The first-order valence-electron chi connectivity index (χ1n) is 3.88. The molecule has 0 atom stereocenters. The SMILES string of the molecule is [2H]c1c([2H])c([2H])c(Cl)c(Cl)c1[2H]. The van der Waals surface area contributed by atoms with Gasteiger partial charge in [0.15, 0.2) is 0 Å². The normalized spacial score (nSPS) is 16.2. The lowest BCUT2D eigenvalue weighted by Crippen LogP contribution is -1.62. The van der Waals surface area contributed by atoms with Crippen LogP contribution in [0.3, 0.4) is 0 Å². The van der Waals surface area contributed by atoms with Crippen LogP contribution in [0.5, 0.6) is 0 Å². The van der Waals surface area contributed by atoms with Crippen molar-refractivity contribution in [3.8, 4) is 0 Å². The van der Waals surface area contributed by atoms with Crippen LogP contribution in [0.25, 0.3) is 0 Å². The maximum absolute atomic E-state index is 7.22. The van der Waals surface area contributed by atoms with E-state index in [-0.39, 0.29) is 34.2 Å². The van der Waals surface area contributed by atoms with Crippen LogP contribution in [0, 0.1) is 0 Å². The van der Waals surface area contributed by atoms with Gasteiger partial charge in [-0.2, -0.15) is 0 Å². The van der Waals surface area contributed by atoms with Crippen LogP contribution in [-0.4, -0.2) is 0 Å². The lowest BCUT2D eigenvalue weighted by atomic mass is 10.4. The Kier molecular flexibility index (Phi) is 0.771. The zero-order chi connectivity index (χ0) is 9.46. The zero-order valence-electron chi connectivity index (χ0n) is 7.76. The lowest BCUT2D eigenvalue weighted by molar-refractivity contribution is 1.71. The van der Waals surface area contributed by atoms with E-state index in [9.17, 15) is 0 Å². The molecule has 8 heavy (non-hydrogen) atoms. The maximum atomic E-state index is 7.22. The molecule has 2 heteroatoms. The highest BCUT2D eigenvalue weighted by Crippen LogP contribution is 2.19. The molecule has 0 N–H and O–H groups in total. The highest BCUT2D eigenvalue weighted by atomic mass is 35.5. The lowest BCUT2D eigenvalue weighted by Gasteiger charge is -1.88. The Balaban J connectivity index is 3.60. The van der Waals surface area contributed by atoms with Gasteiger partial charge in [0.1, 0.15) is 0 Å². The van der Waals surface area contributed by atoms with E-state index in [0.29, 0.717) is 0 Å². The summed E-state index contributed by atoms with van der Waals surface area (Å²) >= 11 is 11.0.